The second-order valence-electron chi connectivity index (χ2n) is 4.98. The Morgan fingerprint density at radius 3 is 2.71 bits per heavy atom. The maximum Gasteiger partial charge on any atom is 0.293 e. The molecular formula is C16H17FN2O3S2. The van der Waals surface area contributed by atoms with Crippen LogP contribution in [0.4, 0.5) is 9.18 Å². The first-order valence-corrected chi connectivity index (χ1v) is 9.49. The molecule has 0 radical (unpaired) electrons. The minimum atomic E-state index is -0.396. The summed E-state index contributed by atoms with van der Waals surface area (Å²) in [6.07, 6.45) is 3.88. The van der Waals surface area contributed by atoms with E-state index in [0.29, 0.717) is 16.9 Å². The number of halogens is 1. The Hall–Kier alpha value is -1.80. The highest BCUT2D eigenvalue weighted by Gasteiger charge is 2.34. The van der Waals surface area contributed by atoms with Gasteiger partial charge in [-0.3, -0.25) is 19.3 Å². The van der Waals surface area contributed by atoms with Crippen molar-refractivity contribution in [2.24, 2.45) is 0 Å². The molecule has 0 saturated carbocycles. The van der Waals surface area contributed by atoms with Gasteiger partial charge < -0.3 is 5.32 Å². The SMILES string of the molecule is CSCCC(=O)NCCN1C(=O)S/C(=C\c2ccc(F)cc2)C1=O. The van der Waals surface area contributed by atoms with E-state index in [1.54, 1.807) is 17.8 Å². The van der Waals surface area contributed by atoms with E-state index in [1.807, 2.05) is 6.26 Å². The van der Waals surface area contributed by atoms with Gasteiger partial charge in [-0.15, -0.1) is 0 Å². The topological polar surface area (TPSA) is 66.5 Å². The Balaban J connectivity index is 1.91. The summed E-state index contributed by atoms with van der Waals surface area (Å²) in [7, 11) is 0. The summed E-state index contributed by atoms with van der Waals surface area (Å²) in [6.45, 7) is 0.367. The molecule has 1 aromatic rings. The van der Waals surface area contributed by atoms with Gasteiger partial charge in [0.2, 0.25) is 5.91 Å². The smallest absolute Gasteiger partial charge is 0.293 e. The van der Waals surface area contributed by atoms with E-state index < -0.39 is 5.91 Å². The Bertz CT molecular complexity index is 662. The fraction of sp³-hybridized carbons (Fsp3) is 0.312. The van der Waals surface area contributed by atoms with Crippen LogP contribution in [0.5, 0.6) is 0 Å². The molecule has 1 aromatic carbocycles. The lowest BCUT2D eigenvalue weighted by Crippen LogP contribution is -2.37. The Kier molecular flexibility index (Phi) is 6.86. The van der Waals surface area contributed by atoms with Crippen molar-refractivity contribution in [1.29, 1.82) is 0 Å². The lowest BCUT2D eigenvalue weighted by molar-refractivity contribution is -0.124. The number of nitrogens with zero attached hydrogens (tertiary/aromatic N) is 1. The molecule has 0 spiro atoms. The van der Waals surface area contributed by atoms with E-state index in [9.17, 15) is 18.8 Å². The summed E-state index contributed by atoms with van der Waals surface area (Å²) in [5.41, 5.74) is 0.646. The number of benzene rings is 1. The number of carbonyl (C=O) groups is 3. The first-order chi connectivity index (χ1) is 11.5. The van der Waals surface area contributed by atoms with Gasteiger partial charge in [0.25, 0.3) is 11.1 Å². The molecular weight excluding hydrogens is 351 g/mol. The summed E-state index contributed by atoms with van der Waals surface area (Å²) in [6, 6.07) is 5.66. The number of nitrogens with one attached hydrogen (secondary N) is 1. The number of carbonyl (C=O) groups excluding carboxylic acids is 3. The van der Waals surface area contributed by atoms with Crippen LogP contribution < -0.4 is 5.32 Å². The summed E-state index contributed by atoms with van der Waals surface area (Å²) >= 11 is 2.42. The molecule has 128 valence electrons. The fourth-order valence-electron chi connectivity index (χ4n) is 1.99. The van der Waals surface area contributed by atoms with Crippen LogP contribution in [0, 0.1) is 5.82 Å². The predicted octanol–water partition coefficient (Wildman–Crippen LogP) is 2.73. The van der Waals surface area contributed by atoms with Gasteiger partial charge in [0.05, 0.1) is 4.91 Å². The van der Waals surface area contributed by atoms with Gasteiger partial charge in [-0.05, 0) is 41.8 Å². The first-order valence-electron chi connectivity index (χ1n) is 7.28. The Morgan fingerprint density at radius 2 is 2.04 bits per heavy atom. The Morgan fingerprint density at radius 1 is 1.33 bits per heavy atom. The van der Waals surface area contributed by atoms with Crippen molar-refractivity contribution in [1.82, 2.24) is 10.2 Å². The molecule has 1 aliphatic heterocycles. The van der Waals surface area contributed by atoms with E-state index in [2.05, 4.69) is 5.32 Å². The molecule has 8 heteroatoms. The van der Waals surface area contributed by atoms with Crippen LogP contribution in [-0.2, 0) is 9.59 Å². The van der Waals surface area contributed by atoms with Gasteiger partial charge in [0.15, 0.2) is 0 Å². The zero-order valence-electron chi connectivity index (χ0n) is 13.1. The summed E-state index contributed by atoms with van der Waals surface area (Å²) in [5, 5.41) is 2.32. The quantitative estimate of drug-likeness (QED) is 0.750. The number of hydrogen-bond donors (Lipinski definition) is 1. The van der Waals surface area contributed by atoms with Crippen molar-refractivity contribution in [3.8, 4) is 0 Å². The number of amides is 3. The third-order valence-electron chi connectivity index (χ3n) is 3.23. The predicted molar refractivity (Wildman–Crippen MR) is 95.1 cm³/mol. The minimum Gasteiger partial charge on any atom is -0.354 e. The van der Waals surface area contributed by atoms with Gasteiger partial charge in [0.1, 0.15) is 5.82 Å². The van der Waals surface area contributed by atoms with Crippen molar-refractivity contribution in [2.75, 3.05) is 25.1 Å². The van der Waals surface area contributed by atoms with Crippen LogP contribution in [0.2, 0.25) is 0 Å². The molecule has 1 aliphatic rings. The second kappa shape index (κ2) is 8.89. The highest BCUT2D eigenvalue weighted by Crippen LogP contribution is 2.31. The van der Waals surface area contributed by atoms with Gasteiger partial charge in [0, 0.05) is 25.3 Å². The Labute approximate surface area is 148 Å². The van der Waals surface area contributed by atoms with E-state index >= 15 is 0 Å². The highest BCUT2D eigenvalue weighted by atomic mass is 32.2. The number of thioether (sulfide) groups is 2. The molecule has 2 rings (SSSR count). The molecule has 0 bridgehead atoms. The standard InChI is InChI=1S/C16H17FN2O3S2/c1-23-9-6-14(20)18-7-8-19-15(21)13(24-16(19)22)10-11-2-4-12(17)5-3-11/h2-5,10H,6-9H2,1H3,(H,18,20)/b13-10-. The largest absolute Gasteiger partial charge is 0.354 e. The number of imide groups is 1. The summed E-state index contributed by atoms with van der Waals surface area (Å²) in [5.74, 6) is -0.128. The minimum absolute atomic E-state index is 0.0989. The van der Waals surface area contributed by atoms with Crippen molar-refractivity contribution >= 4 is 46.7 Å². The second-order valence-corrected chi connectivity index (χ2v) is 6.96. The highest BCUT2D eigenvalue weighted by molar-refractivity contribution is 8.18. The molecule has 3 amide bonds. The molecule has 0 atom stereocenters. The van der Waals surface area contributed by atoms with E-state index in [-0.39, 0.29) is 30.1 Å². The van der Waals surface area contributed by atoms with E-state index in [1.165, 1.54) is 24.3 Å². The maximum absolute atomic E-state index is 12.9. The molecule has 0 aliphatic carbocycles. The van der Waals surface area contributed by atoms with Gasteiger partial charge in [-0.25, -0.2) is 4.39 Å². The van der Waals surface area contributed by atoms with Crippen molar-refractivity contribution in [2.45, 2.75) is 6.42 Å². The van der Waals surface area contributed by atoms with E-state index in [0.717, 1.165) is 22.4 Å². The van der Waals surface area contributed by atoms with Crippen molar-refractivity contribution in [3.63, 3.8) is 0 Å². The summed E-state index contributed by atoms with van der Waals surface area (Å²) < 4.78 is 12.9. The van der Waals surface area contributed by atoms with Crippen LogP contribution in [0.25, 0.3) is 6.08 Å². The fourth-order valence-corrected chi connectivity index (χ4v) is 3.25. The zero-order valence-corrected chi connectivity index (χ0v) is 14.7. The lowest BCUT2D eigenvalue weighted by atomic mass is 10.2. The van der Waals surface area contributed by atoms with Crippen LogP contribution in [0.1, 0.15) is 12.0 Å². The molecule has 1 heterocycles. The molecule has 0 aromatic heterocycles. The van der Waals surface area contributed by atoms with Crippen LogP contribution in [0.15, 0.2) is 29.2 Å². The maximum atomic E-state index is 12.9. The number of rotatable bonds is 7. The normalized spacial score (nSPS) is 16.1. The van der Waals surface area contributed by atoms with Gasteiger partial charge in [-0.1, -0.05) is 12.1 Å². The first kappa shape index (κ1) is 18.5. The lowest BCUT2D eigenvalue weighted by Gasteiger charge is -2.12. The van der Waals surface area contributed by atoms with E-state index in [4.69, 9.17) is 0 Å². The van der Waals surface area contributed by atoms with Crippen LogP contribution in [0.3, 0.4) is 0 Å². The molecule has 1 N–H and O–H groups in total. The van der Waals surface area contributed by atoms with Crippen molar-refractivity contribution < 1.29 is 18.8 Å². The third kappa shape index (κ3) is 5.10. The molecule has 1 fully saturated rings. The third-order valence-corrected chi connectivity index (χ3v) is 4.75. The average molecular weight is 368 g/mol. The molecule has 0 unspecified atom stereocenters. The zero-order chi connectivity index (χ0) is 17.5. The van der Waals surface area contributed by atoms with Gasteiger partial charge in [-0.2, -0.15) is 11.8 Å². The molecule has 24 heavy (non-hydrogen) atoms. The van der Waals surface area contributed by atoms with Crippen molar-refractivity contribution in [3.05, 3.63) is 40.6 Å². The van der Waals surface area contributed by atoms with Gasteiger partial charge >= 0.3 is 0 Å². The van der Waals surface area contributed by atoms with Crippen LogP contribution >= 0.6 is 23.5 Å². The average Bonchev–Trinajstić information content (AvgIpc) is 2.82. The molecule has 5 nitrogen and oxygen atoms in total. The monoisotopic (exact) mass is 368 g/mol. The summed E-state index contributed by atoms with van der Waals surface area (Å²) in [4.78, 5) is 37.1. The molecule has 1 saturated heterocycles. The number of hydrogen-bond acceptors (Lipinski definition) is 5. The van der Waals surface area contributed by atoms with Crippen LogP contribution in [-0.4, -0.2) is 47.1 Å².